The molecule has 0 aliphatic rings. The molecule has 0 fully saturated rings. The van der Waals surface area contributed by atoms with E-state index in [1.54, 1.807) is 0 Å². The van der Waals surface area contributed by atoms with E-state index in [9.17, 15) is 0 Å². The van der Waals surface area contributed by atoms with E-state index in [4.69, 9.17) is 0 Å². The number of hydrogen-bond donors (Lipinski definition) is 1. The summed E-state index contributed by atoms with van der Waals surface area (Å²) >= 11 is 2.30. The SMILES string of the molecule is CNc1nc2ccc(C)cc2cc1I. The molecule has 0 amide bonds. The van der Waals surface area contributed by atoms with Crippen LogP contribution < -0.4 is 5.32 Å². The maximum Gasteiger partial charge on any atom is 0.139 e. The lowest BCUT2D eigenvalue weighted by Crippen LogP contribution is -1.95. The maximum absolute atomic E-state index is 4.52. The lowest BCUT2D eigenvalue weighted by atomic mass is 10.1. The first-order valence-electron chi connectivity index (χ1n) is 4.45. The van der Waals surface area contributed by atoms with E-state index in [0.717, 1.165) is 14.9 Å². The zero-order chi connectivity index (χ0) is 10.1. The predicted molar refractivity (Wildman–Crippen MR) is 68.7 cm³/mol. The molecule has 1 N–H and O–H groups in total. The van der Waals surface area contributed by atoms with Gasteiger partial charge in [-0.25, -0.2) is 4.98 Å². The van der Waals surface area contributed by atoms with Gasteiger partial charge in [-0.3, -0.25) is 0 Å². The fourth-order valence-electron chi connectivity index (χ4n) is 1.45. The molecular formula is C11H11IN2. The van der Waals surface area contributed by atoms with Gasteiger partial charge in [-0.2, -0.15) is 0 Å². The van der Waals surface area contributed by atoms with Crippen LogP contribution in [-0.4, -0.2) is 12.0 Å². The fraction of sp³-hybridized carbons (Fsp3) is 0.182. The number of fused-ring (bicyclic) bond motifs is 1. The minimum absolute atomic E-state index is 0.946. The van der Waals surface area contributed by atoms with Crippen molar-refractivity contribution >= 4 is 39.3 Å². The molecule has 0 atom stereocenters. The first-order chi connectivity index (χ1) is 6.70. The number of hydrogen-bond acceptors (Lipinski definition) is 2. The van der Waals surface area contributed by atoms with Crippen molar-refractivity contribution in [3.8, 4) is 0 Å². The van der Waals surface area contributed by atoms with E-state index >= 15 is 0 Å². The molecule has 72 valence electrons. The average Bonchev–Trinajstić information content (AvgIpc) is 2.16. The zero-order valence-electron chi connectivity index (χ0n) is 8.13. The van der Waals surface area contributed by atoms with E-state index < -0.39 is 0 Å². The Bertz CT molecular complexity index is 480. The van der Waals surface area contributed by atoms with Gasteiger partial charge in [0.1, 0.15) is 5.82 Å². The van der Waals surface area contributed by atoms with Crippen molar-refractivity contribution in [3.05, 3.63) is 33.4 Å². The van der Waals surface area contributed by atoms with Crippen LogP contribution >= 0.6 is 22.6 Å². The number of nitrogens with zero attached hydrogens (tertiary/aromatic N) is 1. The number of halogens is 1. The summed E-state index contributed by atoms with van der Waals surface area (Å²) in [7, 11) is 1.89. The van der Waals surface area contributed by atoms with Gasteiger partial charge >= 0.3 is 0 Å². The molecule has 0 bridgehead atoms. The molecule has 0 saturated carbocycles. The van der Waals surface area contributed by atoms with E-state index in [1.807, 2.05) is 7.05 Å². The zero-order valence-corrected chi connectivity index (χ0v) is 10.3. The quantitative estimate of drug-likeness (QED) is 0.818. The average molecular weight is 298 g/mol. The number of aromatic nitrogens is 1. The van der Waals surface area contributed by atoms with Crippen molar-refractivity contribution in [2.75, 3.05) is 12.4 Å². The van der Waals surface area contributed by atoms with Crippen molar-refractivity contribution in [3.63, 3.8) is 0 Å². The maximum atomic E-state index is 4.52. The largest absolute Gasteiger partial charge is 0.372 e. The summed E-state index contributed by atoms with van der Waals surface area (Å²) in [5.74, 6) is 0.946. The van der Waals surface area contributed by atoms with Gasteiger partial charge in [0.05, 0.1) is 9.09 Å². The Hall–Kier alpha value is -0.840. The molecule has 0 unspecified atom stereocenters. The molecule has 0 spiro atoms. The third kappa shape index (κ3) is 1.68. The number of aryl methyl sites for hydroxylation is 1. The molecule has 0 saturated heterocycles. The van der Waals surface area contributed by atoms with E-state index in [0.29, 0.717) is 0 Å². The smallest absolute Gasteiger partial charge is 0.139 e. The molecular weight excluding hydrogens is 287 g/mol. The highest BCUT2D eigenvalue weighted by Gasteiger charge is 2.02. The summed E-state index contributed by atoms with van der Waals surface area (Å²) in [5, 5.41) is 4.29. The molecule has 2 nitrogen and oxygen atoms in total. The second-order valence-corrected chi connectivity index (χ2v) is 4.43. The van der Waals surface area contributed by atoms with Crippen LogP contribution in [-0.2, 0) is 0 Å². The van der Waals surface area contributed by atoms with Gasteiger partial charge in [-0.05, 0) is 47.7 Å². The molecule has 2 aromatic rings. The first kappa shape index (κ1) is 9.71. The number of rotatable bonds is 1. The Labute approximate surface area is 96.9 Å². The summed E-state index contributed by atoms with van der Waals surface area (Å²) in [6.07, 6.45) is 0. The van der Waals surface area contributed by atoms with Gasteiger partial charge < -0.3 is 5.32 Å². The molecule has 0 radical (unpaired) electrons. The number of pyridine rings is 1. The Morgan fingerprint density at radius 1 is 1.29 bits per heavy atom. The van der Waals surface area contributed by atoms with Crippen LogP contribution in [0.25, 0.3) is 10.9 Å². The third-order valence-corrected chi connectivity index (χ3v) is 2.98. The summed E-state index contributed by atoms with van der Waals surface area (Å²) in [5.41, 5.74) is 2.31. The summed E-state index contributed by atoms with van der Waals surface area (Å²) in [6.45, 7) is 2.10. The van der Waals surface area contributed by atoms with Gasteiger partial charge in [-0.15, -0.1) is 0 Å². The summed E-state index contributed by atoms with van der Waals surface area (Å²) in [4.78, 5) is 4.52. The Morgan fingerprint density at radius 2 is 2.07 bits per heavy atom. The minimum atomic E-state index is 0.946. The Morgan fingerprint density at radius 3 is 2.79 bits per heavy atom. The molecule has 3 heteroatoms. The molecule has 1 aromatic heterocycles. The van der Waals surface area contributed by atoms with Crippen LogP contribution in [0.15, 0.2) is 24.3 Å². The highest BCUT2D eigenvalue weighted by molar-refractivity contribution is 14.1. The second kappa shape index (κ2) is 3.73. The highest BCUT2D eigenvalue weighted by atomic mass is 127. The lowest BCUT2D eigenvalue weighted by Gasteiger charge is -2.05. The van der Waals surface area contributed by atoms with Crippen LogP contribution in [0, 0.1) is 10.5 Å². The van der Waals surface area contributed by atoms with Crippen LogP contribution in [0.4, 0.5) is 5.82 Å². The number of nitrogens with one attached hydrogen (secondary N) is 1. The van der Waals surface area contributed by atoms with Crippen molar-refractivity contribution in [1.29, 1.82) is 0 Å². The number of benzene rings is 1. The Kier molecular flexibility index (Phi) is 2.58. The molecule has 1 aromatic carbocycles. The van der Waals surface area contributed by atoms with Crippen LogP contribution in [0.3, 0.4) is 0 Å². The highest BCUT2D eigenvalue weighted by Crippen LogP contribution is 2.22. The standard InChI is InChI=1S/C11H11IN2/c1-7-3-4-10-8(5-7)6-9(12)11(13-2)14-10/h3-6H,1-2H3,(H,13,14). The molecule has 0 aliphatic carbocycles. The number of anilines is 1. The summed E-state index contributed by atoms with van der Waals surface area (Å²) in [6, 6.07) is 8.45. The molecule has 1 heterocycles. The summed E-state index contributed by atoms with van der Waals surface area (Å²) < 4.78 is 1.16. The lowest BCUT2D eigenvalue weighted by molar-refractivity contribution is 1.32. The van der Waals surface area contributed by atoms with Gasteiger partial charge in [0, 0.05) is 12.4 Å². The van der Waals surface area contributed by atoms with Crippen LogP contribution in [0.1, 0.15) is 5.56 Å². The Balaban J connectivity index is 2.73. The van der Waals surface area contributed by atoms with Crippen molar-refractivity contribution in [2.45, 2.75) is 6.92 Å². The van der Waals surface area contributed by atoms with Gasteiger partial charge in [0.15, 0.2) is 0 Å². The monoisotopic (exact) mass is 298 g/mol. The van der Waals surface area contributed by atoms with Gasteiger partial charge in [0.25, 0.3) is 0 Å². The predicted octanol–water partition coefficient (Wildman–Crippen LogP) is 3.19. The van der Waals surface area contributed by atoms with Crippen LogP contribution in [0.2, 0.25) is 0 Å². The third-order valence-electron chi connectivity index (χ3n) is 2.16. The van der Waals surface area contributed by atoms with Crippen LogP contribution in [0.5, 0.6) is 0 Å². The normalized spacial score (nSPS) is 10.5. The minimum Gasteiger partial charge on any atom is -0.372 e. The second-order valence-electron chi connectivity index (χ2n) is 3.26. The van der Waals surface area contributed by atoms with Gasteiger partial charge in [-0.1, -0.05) is 11.6 Å². The topological polar surface area (TPSA) is 24.9 Å². The van der Waals surface area contributed by atoms with Gasteiger partial charge in [0.2, 0.25) is 0 Å². The molecule has 0 aliphatic heterocycles. The first-order valence-corrected chi connectivity index (χ1v) is 5.53. The van der Waals surface area contributed by atoms with E-state index in [2.05, 4.69) is 64.1 Å². The van der Waals surface area contributed by atoms with Crippen molar-refractivity contribution < 1.29 is 0 Å². The van der Waals surface area contributed by atoms with Crippen molar-refractivity contribution in [2.24, 2.45) is 0 Å². The van der Waals surface area contributed by atoms with E-state index in [-0.39, 0.29) is 0 Å². The fourth-order valence-corrected chi connectivity index (χ4v) is 2.17. The molecule has 14 heavy (non-hydrogen) atoms. The van der Waals surface area contributed by atoms with E-state index in [1.165, 1.54) is 10.9 Å². The van der Waals surface area contributed by atoms with Crippen molar-refractivity contribution in [1.82, 2.24) is 4.98 Å². The molecule has 2 rings (SSSR count).